The minimum absolute atomic E-state index is 0.00179. The summed E-state index contributed by atoms with van der Waals surface area (Å²) in [5, 5.41) is 16.5. The molecule has 0 spiro atoms. The van der Waals surface area contributed by atoms with Crippen LogP contribution in [0.1, 0.15) is 70.1 Å². The number of ether oxygens (including phenoxy) is 2. The second-order valence-electron chi connectivity index (χ2n) is 13.6. The van der Waals surface area contributed by atoms with Gasteiger partial charge >= 0.3 is 6.03 Å². The molecule has 3 atom stereocenters. The number of amides is 3. The van der Waals surface area contributed by atoms with Crippen LogP contribution in [0.15, 0.2) is 65.7 Å². The fraction of sp³-hybridized carbons (Fsp3) is 0.474. The highest BCUT2D eigenvalue weighted by Crippen LogP contribution is 2.50. The Bertz CT molecular complexity index is 1920. The van der Waals surface area contributed by atoms with E-state index in [0.29, 0.717) is 22.7 Å². The lowest BCUT2D eigenvalue weighted by Crippen LogP contribution is -2.61. The van der Waals surface area contributed by atoms with E-state index in [1.165, 1.54) is 36.5 Å². The molecule has 0 saturated carbocycles. The van der Waals surface area contributed by atoms with Crippen LogP contribution in [0.4, 0.5) is 10.5 Å². The lowest BCUT2D eigenvalue weighted by Gasteiger charge is -2.45. The molecule has 0 radical (unpaired) electrons. The fourth-order valence-electron chi connectivity index (χ4n) is 8.00. The molecule has 2 unspecified atom stereocenters. The van der Waals surface area contributed by atoms with Gasteiger partial charge in [0, 0.05) is 24.3 Å². The van der Waals surface area contributed by atoms with Gasteiger partial charge in [0.1, 0.15) is 10.6 Å². The zero-order valence-corrected chi connectivity index (χ0v) is 30.4. The van der Waals surface area contributed by atoms with E-state index in [1.54, 1.807) is 43.0 Å². The van der Waals surface area contributed by atoms with Gasteiger partial charge in [0.2, 0.25) is 5.88 Å². The Morgan fingerprint density at radius 3 is 2.49 bits per heavy atom. The summed E-state index contributed by atoms with van der Waals surface area (Å²) in [4.78, 5) is 36.1. The number of urea groups is 1. The number of piperidine rings is 2. The smallest absolute Gasteiger partial charge is 0.319 e. The molecule has 3 amide bonds. The van der Waals surface area contributed by atoms with Crippen LogP contribution in [-0.2, 0) is 20.4 Å². The van der Waals surface area contributed by atoms with E-state index in [9.17, 15) is 18.5 Å². The molecule has 2 aromatic carbocycles. The van der Waals surface area contributed by atoms with E-state index in [0.717, 1.165) is 38.8 Å². The third kappa shape index (κ3) is 6.51. The number of aromatic nitrogens is 1. The predicted molar refractivity (Wildman–Crippen MR) is 192 cm³/mol. The number of rotatable bonds is 10. The van der Waals surface area contributed by atoms with Crippen LogP contribution in [0.25, 0.3) is 0 Å². The molecule has 13 heteroatoms. The SMILES string of the molecule is CCOc1ccccc1S(=O)(=O)N1C(=O)C(NC(=O)N2CCC(C3CCNCC3)C[C@@H]2C(C)C)(c2cccnc2OCC)c2cc(C#N)ccc21. The Kier molecular flexibility index (Phi) is 10.6. The number of benzene rings is 2. The molecule has 6 rings (SSSR count). The maximum Gasteiger partial charge on any atom is 0.319 e. The second kappa shape index (κ2) is 14.9. The quantitative estimate of drug-likeness (QED) is 0.289. The highest BCUT2D eigenvalue weighted by Gasteiger charge is 2.59. The van der Waals surface area contributed by atoms with Crippen LogP contribution in [-0.4, -0.2) is 69.1 Å². The van der Waals surface area contributed by atoms with Crippen LogP contribution in [0.5, 0.6) is 11.6 Å². The van der Waals surface area contributed by atoms with Crippen molar-refractivity contribution in [2.75, 3.05) is 37.2 Å². The molecule has 2 saturated heterocycles. The van der Waals surface area contributed by atoms with Gasteiger partial charge in [-0.3, -0.25) is 4.79 Å². The van der Waals surface area contributed by atoms with Gasteiger partial charge in [-0.15, -0.1) is 0 Å². The summed E-state index contributed by atoms with van der Waals surface area (Å²) >= 11 is 0. The number of pyridine rings is 1. The Hall–Kier alpha value is -4.67. The number of carbonyl (C=O) groups is 2. The molecule has 4 heterocycles. The Balaban J connectivity index is 1.51. The highest BCUT2D eigenvalue weighted by atomic mass is 32.2. The van der Waals surface area contributed by atoms with Crippen molar-refractivity contribution in [3.05, 3.63) is 77.5 Å². The molecule has 270 valence electrons. The average Bonchev–Trinajstić information content (AvgIpc) is 3.39. The third-order valence-electron chi connectivity index (χ3n) is 10.4. The number of carbonyl (C=O) groups excluding carboxylic acids is 2. The van der Waals surface area contributed by atoms with Gasteiger partial charge in [-0.1, -0.05) is 26.0 Å². The number of nitrogens with one attached hydrogen (secondary N) is 2. The first-order valence-electron chi connectivity index (χ1n) is 17.8. The zero-order valence-electron chi connectivity index (χ0n) is 29.6. The van der Waals surface area contributed by atoms with Crippen molar-refractivity contribution in [3.8, 4) is 17.7 Å². The number of likely N-dealkylation sites (tertiary alicyclic amines) is 1. The summed E-state index contributed by atoms with van der Waals surface area (Å²) in [5.74, 6) is 0.361. The standard InChI is InChI=1S/C38H46N6O6S/c1-5-49-33-11-7-8-12-34(33)51(47,48)44-31-14-13-26(24-39)22-30(31)38(36(44)45,29-10-9-18-41-35(29)50-6-2)42-37(46)43-21-17-28(23-32(43)25(3)4)27-15-19-40-20-16-27/h7-14,18,22,25,27-28,32,40H,5-6,15-17,19-21,23H2,1-4H3,(H,42,46)/t28?,32-,38?/m1/s1. The van der Waals surface area contributed by atoms with Gasteiger partial charge in [-0.2, -0.15) is 9.57 Å². The monoisotopic (exact) mass is 714 g/mol. The normalized spacial score (nSPS) is 22.4. The average molecular weight is 715 g/mol. The maximum absolute atomic E-state index is 15.3. The Morgan fingerprint density at radius 2 is 1.78 bits per heavy atom. The molecule has 3 aliphatic heterocycles. The molecule has 0 aliphatic carbocycles. The number of sulfonamides is 1. The van der Waals surface area contributed by atoms with Crippen molar-refractivity contribution in [3.63, 3.8) is 0 Å². The summed E-state index contributed by atoms with van der Waals surface area (Å²) in [6.45, 7) is 10.6. The third-order valence-corrected chi connectivity index (χ3v) is 12.2. The summed E-state index contributed by atoms with van der Waals surface area (Å²) in [7, 11) is -4.64. The van der Waals surface area contributed by atoms with Gasteiger partial charge < -0.3 is 25.0 Å². The van der Waals surface area contributed by atoms with Crippen molar-refractivity contribution in [2.24, 2.45) is 17.8 Å². The number of hydrogen-bond acceptors (Lipinski definition) is 9. The highest BCUT2D eigenvalue weighted by molar-refractivity contribution is 7.93. The van der Waals surface area contributed by atoms with E-state index in [1.807, 2.05) is 0 Å². The number of hydrogen-bond donors (Lipinski definition) is 2. The van der Waals surface area contributed by atoms with E-state index < -0.39 is 27.5 Å². The zero-order chi connectivity index (χ0) is 36.3. The van der Waals surface area contributed by atoms with E-state index in [2.05, 4.69) is 35.5 Å². The number of anilines is 1. The minimum Gasteiger partial charge on any atom is -0.492 e. The summed E-state index contributed by atoms with van der Waals surface area (Å²) < 4.78 is 41.7. The molecule has 1 aromatic heterocycles. The number of nitriles is 1. The van der Waals surface area contributed by atoms with Crippen molar-refractivity contribution in [1.29, 1.82) is 5.26 Å². The summed E-state index contributed by atoms with van der Waals surface area (Å²) in [5.41, 5.74) is -1.67. The molecule has 3 aliphatic rings. The van der Waals surface area contributed by atoms with Crippen LogP contribution in [0, 0.1) is 29.1 Å². The van der Waals surface area contributed by atoms with Gasteiger partial charge in [0.05, 0.1) is 36.1 Å². The van der Waals surface area contributed by atoms with Gasteiger partial charge in [-0.25, -0.2) is 18.2 Å². The molecule has 2 fully saturated rings. The molecule has 51 heavy (non-hydrogen) atoms. The van der Waals surface area contributed by atoms with E-state index >= 15 is 4.79 Å². The minimum atomic E-state index is -4.64. The first-order valence-corrected chi connectivity index (χ1v) is 19.3. The fourth-order valence-corrected chi connectivity index (χ4v) is 9.60. The molecule has 3 aromatic rings. The predicted octanol–water partition coefficient (Wildman–Crippen LogP) is 5.18. The van der Waals surface area contributed by atoms with Gasteiger partial charge in [0.25, 0.3) is 15.9 Å². The summed E-state index contributed by atoms with van der Waals surface area (Å²) in [6, 6.07) is 15.1. The van der Waals surface area contributed by atoms with Gasteiger partial charge in [0.15, 0.2) is 5.54 Å². The lowest BCUT2D eigenvalue weighted by atomic mass is 9.75. The van der Waals surface area contributed by atoms with Crippen LogP contribution < -0.4 is 24.4 Å². The second-order valence-corrected chi connectivity index (χ2v) is 15.4. The maximum atomic E-state index is 15.3. The lowest BCUT2D eigenvalue weighted by molar-refractivity contribution is -0.121. The largest absolute Gasteiger partial charge is 0.492 e. The summed E-state index contributed by atoms with van der Waals surface area (Å²) in [6.07, 6.45) is 5.37. The topological polar surface area (TPSA) is 154 Å². The number of para-hydroxylation sites is 1. The van der Waals surface area contributed by atoms with Crippen LogP contribution in [0.3, 0.4) is 0 Å². The Labute approximate surface area is 300 Å². The number of fused-ring (bicyclic) bond motifs is 1. The van der Waals surface area contributed by atoms with E-state index in [4.69, 9.17) is 9.47 Å². The number of nitrogens with zero attached hydrogens (tertiary/aromatic N) is 4. The van der Waals surface area contributed by atoms with Crippen LogP contribution >= 0.6 is 0 Å². The van der Waals surface area contributed by atoms with Crippen molar-refractivity contribution in [1.82, 2.24) is 20.5 Å². The molecule has 0 bridgehead atoms. The molecule has 2 N–H and O–H groups in total. The van der Waals surface area contributed by atoms with Crippen molar-refractivity contribution >= 4 is 27.6 Å². The van der Waals surface area contributed by atoms with Crippen LogP contribution in [0.2, 0.25) is 0 Å². The van der Waals surface area contributed by atoms with E-state index in [-0.39, 0.29) is 64.1 Å². The molecule has 12 nitrogen and oxygen atoms in total. The molecular formula is C38H46N6O6S. The van der Waals surface area contributed by atoms with Crippen molar-refractivity contribution in [2.45, 2.75) is 69.9 Å². The first-order chi connectivity index (χ1) is 24.6. The van der Waals surface area contributed by atoms with Crippen molar-refractivity contribution < 1.29 is 27.5 Å². The Morgan fingerprint density at radius 1 is 1.04 bits per heavy atom. The first kappa shape index (κ1) is 36.1. The molecular weight excluding hydrogens is 669 g/mol. The van der Waals surface area contributed by atoms with Gasteiger partial charge in [-0.05, 0) is 113 Å².